The van der Waals surface area contributed by atoms with Crippen molar-refractivity contribution in [1.82, 2.24) is 20.1 Å². The van der Waals surface area contributed by atoms with Crippen LogP contribution in [0.4, 0.5) is 4.79 Å². The Kier molecular flexibility index (Phi) is 8.07. The molecule has 3 amide bonds. The van der Waals surface area contributed by atoms with Gasteiger partial charge in [-0.25, -0.2) is 9.78 Å². The standard InChI is InChI=1S/C25H30N4O8/c1-3-36-25(34)29-12-10-28(11-13-29)24(33)17(8-9-19(30)31)27-23(32)21-22(35-2)20(18-14-37-18)15-6-4-5-7-16(15)26-21/h4-7,17-18H,3,8-14H2,1-2H3,(H,27,32)(H,30,31). The molecule has 2 aromatic rings. The fourth-order valence-electron chi connectivity index (χ4n) is 4.41. The van der Waals surface area contributed by atoms with Gasteiger partial charge < -0.3 is 34.4 Å². The van der Waals surface area contributed by atoms with Crippen LogP contribution in [0.15, 0.2) is 24.3 Å². The van der Waals surface area contributed by atoms with E-state index in [1.54, 1.807) is 19.1 Å². The Bertz CT molecular complexity index is 1190. The van der Waals surface area contributed by atoms with Crippen molar-refractivity contribution in [3.63, 3.8) is 0 Å². The van der Waals surface area contributed by atoms with Crippen LogP contribution in [0, 0.1) is 0 Å². The number of carbonyl (C=O) groups is 4. The van der Waals surface area contributed by atoms with Crippen molar-refractivity contribution in [3.05, 3.63) is 35.5 Å². The van der Waals surface area contributed by atoms with Gasteiger partial charge in [0.1, 0.15) is 12.1 Å². The van der Waals surface area contributed by atoms with Gasteiger partial charge >= 0.3 is 12.1 Å². The Balaban J connectivity index is 1.55. The predicted molar refractivity (Wildman–Crippen MR) is 130 cm³/mol. The van der Waals surface area contributed by atoms with E-state index < -0.39 is 29.9 Å². The first kappa shape index (κ1) is 26.1. The molecule has 2 unspecified atom stereocenters. The Hall–Kier alpha value is -3.93. The number of piperazine rings is 1. The van der Waals surface area contributed by atoms with E-state index >= 15 is 0 Å². The normalized spacial score (nSPS) is 17.7. The molecule has 198 valence electrons. The largest absolute Gasteiger partial charge is 0.494 e. The second kappa shape index (κ2) is 11.4. The Labute approximate surface area is 213 Å². The number of epoxide rings is 1. The van der Waals surface area contributed by atoms with E-state index in [0.29, 0.717) is 17.7 Å². The number of carboxylic acid groups (broad SMARTS) is 1. The summed E-state index contributed by atoms with van der Waals surface area (Å²) in [7, 11) is 1.44. The monoisotopic (exact) mass is 514 g/mol. The number of carbonyl (C=O) groups excluding carboxylic acids is 3. The number of carboxylic acids is 1. The lowest BCUT2D eigenvalue weighted by Crippen LogP contribution is -2.56. The third kappa shape index (κ3) is 5.91. The topological polar surface area (TPSA) is 151 Å². The van der Waals surface area contributed by atoms with Crippen LogP contribution in [0.1, 0.15) is 41.9 Å². The molecule has 2 atom stereocenters. The average Bonchev–Trinajstić information content (AvgIpc) is 3.74. The van der Waals surface area contributed by atoms with Crippen LogP contribution in [0.25, 0.3) is 10.9 Å². The lowest BCUT2D eigenvalue weighted by Gasteiger charge is -2.36. The summed E-state index contributed by atoms with van der Waals surface area (Å²) in [5, 5.41) is 12.7. The smallest absolute Gasteiger partial charge is 0.409 e. The van der Waals surface area contributed by atoms with Crippen LogP contribution in [-0.4, -0.2) is 96.3 Å². The van der Waals surface area contributed by atoms with E-state index in [2.05, 4.69) is 10.3 Å². The van der Waals surface area contributed by atoms with Gasteiger partial charge in [-0.3, -0.25) is 14.4 Å². The molecule has 2 saturated heterocycles. The number of fused-ring (bicyclic) bond motifs is 1. The van der Waals surface area contributed by atoms with Crippen molar-refractivity contribution < 1.29 is 38.5 Å². The van der Waals surface area contributed by atoms with E-state index in [9.17, 15) is 24.3 Å². The number of para-hydroxylation sites is 1. The van der Waals surface area contributed by atoms with Crippen LogP contribution >= 0.6 is 0 Å². The molecule has 0 saturated carbocycles. The highest BCUT2D eigenvalue weighted by Crippen LogP contribution is 2.42. The summed E-state index contributed by atoms with van der Waals surface area (Å²) in [6.45, 7) is 3.47. The summed E-state index contributed by atoms with van der Waals surface area (Å²) < 4.78 is 16.1. The number of aliphatic carboxylic acids is 1. The molecule has 12 heteroatoms. The van der Waals surface area contributed by atoms with Crippen LogP contribution in [0.3, 0.4) is 0 Å². The zero-order chi connectivity index (χ0) is 26.5. The highest BCUT2D eigenvalue weighted by Gasteiger charge is 2.35. The highest BCUT2D eigenvalue weighted by atomic mass is 16.6. The number of nitrogens with zero attached hydrogens (tertiary/aromatic N) is 3. The van der Waals surface area contributed by atoms with Gasteiger partial charge in [-0.1, -0.05) is 18.2 Å². The third-order valence-electron chi connectivity index (χ3n) is 6.33. The van der Waals surface area contributed by atoms with Crippen LogP contribution in [0.5, 0.6) is 5.75 Å². The molecule has 12 nitrogen and oxygen atoms in total. The first-order chi connectivity index (χ1) is 17.8. The van der Waals surface area contributed by atoms with E-state index in [1.165, 1.54) is 16.9 Å². The van der Waals surface area contributed by atoms with Crippen molar-refractivity contribution in [3.8, 4) is 5.75 Å². The number of nitrogens with one attached hydrogen (secondary N) is 1. The minimum atomic E-state index is -1.10. The van der Waals surface area contributed by atoms with Crippen molar-refractivity contribution in [2.75, 3.05) is 46.5 Å². The van der Waals surface area contributed by atoms with Gasteiger partial charge in [0.2, 0.25) is 5.91 Å². The molecule has 1 aromatic carbocycles. The van der Waals surface area contributed by atoms with E-state index in [0.717, 1.165) is 5.39 Å². The summed E-state index contributed by atoms with van der Waals surface area (Å²) in [5.41, 5.74) is 1.27. The quantitative estimate of drug-likeness (QED) is 0.475. The van der Waals surface area contributed by atoms with Crippen molar-refractivity contribution in [2.45, 2.75) is 31.9 Å². The predicted octanol–water partition coefficient (Wildman–Crippen LogP) is 1.58. The Morgan fingerprint density at radius 1 is 1.16 bits per heavy atom. The number of hydrogen-bond donors (Lipinski definition) is 2. The molecule has 0 bridgehead atoms. The molecule has 2 N–H and O–H groups in total. The highest BCUT2D eigenvalue weighted by molar-refractivity contribution is 6.01. The number of rotatable bonds is 9. The second-order valence-corrected chi connectivity index (χ2v) is 8.72. The first-order valence-corrected chi connectivity index (χ1v) is 12.1. The summed E-state index contributed by atoms with van der Waals surface area (Å²) in [6, 6.07) is 6.20. The van der Waals surface area contributed by atoms with Crippen LogP contribution < -0.4 is 10.1 Å². The van der Waals surface area contributed by atoms with E-state index in [4.69, 9.17) is 14.2 Å². The van der Waals surface area contributed by atoms with E-state index in [1.807, 2.05) is 12.1 Å². The maximum Gasteiger partial charge on any atom is 0.409 e. The molecule has 0 aliphatic carbocycles. The Morgan fingerprint density at radius 3 is 2.46 bits per heavy atom. The molecule has 2 aliphatic rings. The molecule has 0 radical (unpaired) electrons. The maximum atomic E-state index is 13.4. The lowest BCUT2D eigenvalue weighted by molar-refractivity contribution is -0.138. The SMILES string of the molecule is CCOC(=O)N1CCN(C(=O)C(CCC(=O)O)NC(=O)c2nc3ccccc3c(C3CO3)c2OC)CC1. The molecular weight excluding hydrogens is 484 g/mol. The van der Waals surface area contributed by atoms with Crippen molar-refractivity contribution >= 4 is 34.8 Å². The van der Waals surface area contributed by atoms with Gasteiger partial charge in [0.15, 0.2) is 11.4 Å². The number of pyridine rings is 1. The zero-order valence-electron chi connectivity index (χ0n) is 20.8. The van der Waals surface area contributed by atoms with E-state index in [-0.39, 0.29) is 63.2 Å². The van der Waals surface area contributed by atoms with Gasteiger partial charge in [0.25, 0.3) is 5.91 Å². The summed E-state index contributed by atoms with van der Waals surface area (Å²) in [4.78, 5) is 57.5. The maximum absolute atomic E-state index is 13.4. The molecule has 3 heterocycles. The molecule has 1 aromatic heterocycles. The zero-order valence-corrected chi connectivity index (χ0v) is 20.8. The third-order valence-corrected chi connectivity index (χ3v) is 6.33. The molecule has 2 aliphatic heterocycles. The number of aromatic nitrogens is 1. The van der Waals surface area contributed by atoms with Crippen molar-refractivity contribution in [1.29, 1.82) is 0 Å². The van der Waals surface area contributed by atoms with Crippen LogP contribution in [-0.2, 0) is 19.1 Å². The number of amides is 3. The molecule has 4 rings (SSSR count). The molecule has 37 heavy (non-hydrogen) atoms. The minimum absolute atomic E-state index is 0.00745. The van der Waals surface area contributed by atoms with Gasteiger partial charge in [-0.2, -0.15) is 0 Å². The van der Waals surface area contributed by atoms with Gasteiger partial charge in [-0.15, -0.1) is 0 Å². The average molecular weight is 515 g/mol. The molecular formula is C25H30N4O8. The summed E-state index contributed by atoms with van der Waals surface area (Å²) >= 11 is 0. The van der Waals surface area contributed by atoms with Gasteiger partial charge in [0.05, 0.1) is 25.8 Å². The van der Waals surface area contributed by atoms with Gasteiger partial charge in [-0.05, 0) is 19.4 Å². The number of ether oxygens (including phenoxy) is 3. The number of hydrogen-bond acceptors (Lipinski definition) is 8. The first-order valence-electron chi connectivity index (χ1n) is 12.1. The Morgan fingerprint density at radius 2 is 1.84 bits per heavy atom. The molecule has 2 fully saturated rings. The van der Waals surface area contributed by atoms with Crippen LogP contribution in [0.2, 0.25) is 0 Å². The number of methoxy groups -OCH3 is 1. The summed E-state index contributed by atoms with van der Waals surface area (Å²) in [6.07, 6.45) is -1.10. The fourth-order valence-corrected chi connectivity index (χ4v) is 4.41. The molecule has 0 spiro atoms. The summed E-state index contributed by atoms with van der Waals surface area (Å²) in [5.74, 6) is -1.91. The van der Waals surface area contributed by atoms with Crippen molar-refractivity contribution in [2.24, 2.45) is 0 Å². The second-order valence-electron chi connectivity index (χ2n) is 8.72. The van der Waals surface area contributed by atoms with Gasteiger partial charge in [0, 0.05) is 43.5 Å². The lowest BCUT2D eigenvalue weighted by atomic mass is 10.0. The minimum Gasteiger partial charge on any atom is -0.494 e. The number of benzene rings is 1. The fraction of sp³-hybridized carbons (Fsp3) is 0.480.